The Kier molecular flexibility index (Phi) is 14.5. The van der Waals surface area contributed by atoms with E-state index in [0.717, 1.165) is 4.90 Å². The van der Waals surface area contributed by atoms with Crippen molar-refractivity contribution in [3.8, 4) is 0 Å². The Balaban J connectivity index is 6.26. The Morgan fingerprint density at radius 2 is 1.23 bits per heavy atom. The lowest BCUT2D eigenvalue weighted by atomic mass is 11.0. The normalized spacial score (nSPS) is 17.4. The largest absolute Gasteiger partial charge is 0.507 e. The molecule has 0 saturated carbocycles. The Hall–Kier alpha value is 0.741. The van der Waals surface area contributed by atoms with Crippen molar-refractivity contribution in [3.63, 3.8) is 0 Å². The van der Waals surface area contributed by atoms with E-state index in [-0.39, 0.29) is 6.17 Å². The van der Waals surface area contributed by atoms with Gasteiger partial charge >= 0.3 is 49.0 Å². The zero-order chi connectivity index (χ0) is 27.8. The summed E-state index contributed by atoms with van der Waals surface area (Å²) in [4.78, 5) is 56.6. The van der Waals surface area contributed by atoms with Gasteiger partial charge in [0, 0.05) is 34.6 Å². The van der Waals surface area contributed by atoms with Gasteiger partial charge < -0.3 is 66.3 Å². The van der Waals surface area contributed by atoms with Crippen LogP contribution in [0.5, 0.6) is 0 Å². The highest BCUT2D eigenvalue weighted by Crippen LogP contribution is 2.41. The molecule has 0 spiro atoms. The van der Waals surface area contributed by atoms with Crippen LogP contribution < -0.4 is 11.1 Å². The SMILES string of the molecule is CO[Si](C)(CN(CP(=O)(O)O)CP(=O)(O)O)O[Si](CNCP(=O)(O)O)(OC)O[Si](CN)(OC)OC. The van der Waals surface area contributed by atoms with Gasteiger partial charge in [-0.15, -0.1) is 0 Å². The fourth-order valence-corrected chi connectivity index (χ4v) is 15.5. The second kappa shape index (κ2) is 14.2. The first-order valence-corrected chi connectivity index (χ1v) is 21.4. The summed E-state index contributed by atoms with van der Waals surface area (Å²) in [5, 5.41) is 2.49. The minimum Gasteiger partial charge on any atom is -0.397 e. The minimum atomic E-state index is -4.75. The molecule has 0 radical (unpaired) electrons. The van der Waals surface area contributed by atoms with Crippen molar-refractivity contribution in [2.75, 3.05) is 65.8 Å². The molecule has 0 aliphatic rings. The minimum absolute atomic E-state index is 0.242. The van der Waals surface area contributed by atoms with E-state index in [2.05, 4.69) is 5.32 Å². The van der Waals surface area contributed by atoms with Gasteiger partial charge in [0.25, 0.3) is 0 Å². The first-order valence-electron chi connectivity index (χ1n) is 9.59. The van der Waals surface area contributed by atoms with Crippen molar-refractivity contribution in [2.45, 2.75) is 6.55 Å². The molecule has 212 valence electrons. The van der Waals surface area contributed by atoms with Crippen LogP contribution in [0.2, 0.25) is 6.55 Å². The third kappa shape index (κ3) is 14.5. The van der Waals surface area contributed by atoms with Crippen molar-refractivity contribution < 1.29 is 69.0 Å². The molecule has 0 aliphatic heterocycles. The molecule has 2 atom stereocenters. The number of nitrogens with two attached hydrogens (primary N) is 1. The summed E-state index contributed by atoms with van der Waals surface area (Å²) in [6, 6.07) is 0. The standard InChI is InChI=1S/C11H36N3O15P3Si3/c1-24-33(5,11-14(9-31(18,19)20)10-32(21,22)23)28-35(27-4,8-13-7-30(15,16)17)29-34(6-12,25-2)26-3/h13H,6-12H2,1-5H3,(H2,15,16,17)(H2,18,19,20)(H2,21,22,23). The van der Waals surface area contributed by atoms with Gasteiger partial charge in [0.15, 0.2) is 0 Å². The summed E-state index contributed by atoms with van der Waals surface area (Å²) in [6.45, 7) is 1.41. The van der Waals surface area contributed by atoms with Gasteiger partial charge in [-0.1, -0.05) is 0 Å². The maximum atomic E-state index is 11.6. The Morgan fingerprint density at radius 1 is 0.771 bits per heavy atom. The van der Waals surface area contributed by atoms with E-state index in [9.17, 15) is 43.1 Å². The van der Waals surface area contributed by atoms with Crippen LogP contribution in [0.25, 0.3) is 0 Å². The molecular formula is C11H36N3O15P3Si3. The van der Waals surface area contributed by atoms with E-state index in [1.54, 1.807) is 0 Å². The van der Waals surface area contributed by atoms with E-state index in [1.165, 1.54) is 35.0 Å². The molecule has 0 aromatic carbocycles. The molecule has 9 N–H and O–H groups in total. The van der Waals surface area contributed by atoms with Gasteiger partial charge in [-0.2, -0.15) is 0 Å². The van der Waals surface area contributed by atoms with E-state index >= 15 is 0 Å². The summed E-state index contributed by atoms with van der Waals surface area (Å²) in [7, 11) is -20.5. The van der Waals surface area contributed by atoms with E-state index in [4.69, 9.17) is 31.7 Å². The fourth-order valence-electron chi connectivity index (χ4n) is 2.75. The maximum absolute atomic E-state index is 11.6. The van der Waals surface area contributed by atoms with Crippen LogP contribution in [-0.4, -0.2) is 126 Å². The highest BCUT2D eigenvalue weighted by atomic mass is 31.2. The molecule has 0 aromatic heterocycles. The Bertz CT molecular complexity index is 762. The summed E-state index contributed by atoms with van der Waals surface area (Å²) in [5.74, 6) is 0. The van der Waals surface area contributed by atoms with Crippen molar-refractivity contribution in [1.29, 1.82) is 0 Å². The monoisotopic (exact) mass is 627 g/mol. The molecule has 18 nitrogen and oxygen atoms in total. The van der Waals surface area contributed by atoms with Gasteiger partial charge in [0.2, 0.25) is 0 Å². The van der Waals surface area contributed by atoms with Crippen LogP contribution in [0.3, 0.4) is 0 Å². The van der Waals surface area contributed by atoms with Crippen LogP contribution in [0.1, 0.15) is 0 Å². The Labute approximate surface area is 206 Å². The molecule has 0 fully saturated rings. The van der Waals surface area contributed by atoms with Crippen LogP contribution in [0, 0.1) is 0 Å². The number of nitrogens with zero attached hydrogens (tertiary/aromatic N) is 1. The molecule has 35 heavy (non-hydrogen) atoms. The van der Waals surface area contributed by atoms with Crippen LogP contribution in [0.15, 0.2) is 0 Å². The lowest BCUT2D eigenvalue weighted by Gasteiger charge is -2.41. The summed E-state index contributed by atoms with van der Waals surface area (Å²) < 4.78 is 68.2. The zero-order valence-corrected chi connectivity index (χ0v) is 25.6. The van der Waals surface area contributed by atoms with Crippen LogP contribution >= 0.6 is 22.8 Å². The number of hydrogen-bond acceptors (Lipinski definition) is 12. The molecule has 0 aromatic rings. The summed E-state index contributed by atoms with van der Waals surface area (Å²) >= 11 is 0. The van der Waals surface area contributed by atoms with Gasteiger partial charge in [-0.3, -0.25) is 18.6 Å². The highest BCUT2D eigenvalue weighted by molar-refractivity contribution is 7.52. The second-order valence-electron chi connectivity index (χ2n) is 7.42. The van der Waals surface area contributed by atoms with E-state index < -0.39 is 80.2 Å². The molecule has 0 rings (SSSR count). The summed E-state index contributed by atoms with van der Waals surface area (Å²) in [5.41, 5.74) is 5.76. The second-order valence-corrected chi connectivity index (χ2v) is 21.6. The van der Waals surface area contributed by atoms with E-state index in [0.29, 0.717) is 0 Å². The average Bonchev–Trinajstić information content (AvgIpc) is 2.68. The lowest BCUT2D eigenvalue weighted by molar-refractivity contribution is 0.0935. The van der Waals surface area contributed by atoms with Crippen LogP contribution in [0.4, 0.5) is 0 Å². The predicted octanol–water partition coefficient (Wildman–Crippen LogP) is -2.57. The highest BCUT2D eigenvalue weighted by Gasteiger charge is 2.56. The van der Waals surface area contributed by atoms with Gasteiger partial charge in [0.05, 0.1) is 18.6 Å². The smallest absolute Gasteiger partial charge is 0.397 e. The molecule has 0 aliphatic carbocycles. The molecule has 0 saturated heterocycles. The maximum Gasteiger partial charge on any atom is 0.507 e. The first-order chi connectivity index (χ1) is 15.7. The molecule has 0 amide bonds. The Morgan fingerprint density at radius 3 is 1.54 bits per heavy atom. The molecule has 0 heterocycles. The van der Waals surface area contributed by atoms with E-state index in [1.807, 2.05) is 0 Å². The average molecular weight is 628 g/mol. The molecule has 0 bridgehead atoms. The van der Waals surface area contributed by atoms with Crippen molar-refractivity contribution in [3.05, 3.63) is 0 Å². The predicted molar refractivity (Wildman–Crippen MR) is 128 cm³/mol. The van der Waals surface area contributed by atoms with Gasteiger partial charge in [-0.05, 0) is 6.55 Å². The molecular weight excluding hydrogens is 591 g/mol. The van der Waals surface area contributed by atoms with Gasteiger partial charge in [-0.25, -0.2) is 0 Å². The lowest BCUT2D eigenvalue weighted by Crippen LogP contribution is -2.69. The fraction of sp³-hybridized carbons (Fsp3) is 1.00. The van der Waals surface area contributed by atoms with Crippen molar-refractivity contribution in [2.24, 2.45) is 5.73 Å². The third-order valence-electron chi connectivity index (χ3n) is 4.24. The first kappa shape index (κ1) is 35.7. The number of nitrogens with one attached hydrogen (secondary N) is 1. The molecule has 2 unspecified atom stereocenters. The van der Waals surface area contributed by atoms with Crippen molar-refractivity contribution in [1.82, 2.24) is 10.2 Å². The topological polar surface area (TPSA) is 269 Å². The van der Waals surface area contributed by atoms with Gasteiger partial charge in [0.1, 0.15) is 12.6 Å². The van der Waals surface area contributed by atoms with Crippen molar-refractivity contribution >= 4 is 49.0 Å². The zero-order valence-electron chi connectivity index (χ0n) is 20.0. The number of hydrogen-bond donors (Lipinski definition) is 8. The third-order valence-corrected chi connectivity index (χ3v) is 16.8. The quantitative estimate of drug-likeness (QED) is 0.0540. The number of rotatable bonds is 19. The van der Waals surface area contributed by atoms with Crippen LogP contribution in [-0.2, 0) is 39.6 Å². The summed E-state index contributed by atoms with van der Waals surface area (Å²) in [6.07, 6.45) is -3.90. The molecule has 24 heteroatoms.